The molecular formula is C29H38Cl2N2O4. The van der Waals surface area contributed by atoms with E-state index in [1.165, 1.54) is 0 Å². The van der Waals surface area contributed by atoms with Crippen molar-refractivity contribution in [2.24, 2.45) is 0 Å². The first kappa shape index (κ1) is 29.1. The fourth-order valence-electron chi connectivity index (χ4n) is 4.77. The van der Waals surface area contributed by atoms with Crippen LogP contribution >= 0.6 is 23.2 Å². The summed E-state index contributed by atoms with van der Waals surface area (Å²) < 4.78 is 11.4. The number of aryl methyl sites for hydroxylation is 1. The van der Waals surface area contributed by atoms with Gasteiger partial charge in [0, 0.05) is 29.1 Å². The van der Waals surface area contributed by atoms with Gasteiger partial charge < -0.3 is 19.7 Å². The zero-order valence-corrected chi connectivity index (χ0v) is 23.5. The van der Waals surface area contributed by atoms with Gasteiger partial charge in [-0.15, -0.1) is 0 Å². The van der Waals surface area contributed by atoms with Crippen molar-refractivity contribution in [2.45, 2.75) is 84.3 Å². The summed E-state index contributed by atoms with van der Waals surface area (Å²) in [5.41, 5.74) is 1.72. The van der Waals surface area contributed by atoms with Gasteiger partial charge in [0.25, 0.3) is 0 Å². The Bertz CT molecular complexity index is 1060. The lowest BCUT2D eigenvalue weighted by molar-refractivity contribution is -0.141. The largest absolute Gasteiger partial charge is 0.490 e. The van der Waals surface area contributed by atoms with Crippen molar-refractivity contribution >= 4 is 35.0 Å². The van der Waals surface area contributed by atoms with Gasteiger partial charge in [-0.05, 0) is 74.9 Å². The SMILES string of the molecule is CCOc1ccc(CCC(=O)N(Cc2ccc(Cl)cc2Cl)C(CC)C(=O)NC2CCCC2)cc1OCC. The second-order valence-electron chi connectivity index (χ2n) is 9.32. The first-order valence-corrected chi connectivity index (χ1v) is 14.0. The molecule has 2 amide bonds. The fourth-order valence-corrected chi connectivity index (χ4v) is 5.23. The van der Waals surface area contributed by atoms with Crippen LogP contribution in [0.25, 0.3) is 0 Å². The fraction of sp³-hybridized carbons (Fsp3) is 0.517. The van der Waals surface area contributed by atoms with Crippen molar-refractivity contribution in [3.8, 4) is 11.5 Å². The molecule has 6 nitrogen and oxygen atoms in total. The summed E-state index contributed by atoms with van der Waals surface area (Å²) >= 11 is 12.5. The molecule has 1 saturated carbocycles. The van der Waals surface area contributed by atoms with Crippen LogP contribution in [0.5, 0.6) is 11.5 Å². The molecule has 1 unspecified atom stereocenters. The van der Waals surface area contributed by atoms with Crippen LogP contribution in [0, 0.1) is 0 Å². The quantitative estimate of drug-likeness (QED) is 0.306. The summed E-state index contributed by atoms with van der Waals surface area (Å²) in [7, 11) is 0. The Kier molecular flexibility index (Phi) is 11.4. The zero-order valence-electron chi connectivity index (χ0n) is 22.0. The lowest BCUT2D eigenvalue weighted by Gasteiger charge is -2.32. The van der Waals surface area contributed by atoms with Crippen LogP contribution in [0.15, 0.2) is 36.4 Å². The Morgan fingerprint density at radius 3 is 2.35 bits per heavy atom. The number of nitrogens with zero attached hydrogens (tertiary/aromatic N) is 1. The van der Waals surface area contributed by atoms with Crippen molar-refractivity contribution in [1.82, 2.24) is 10.2 Å². The highest BCUT2D eigenvalue weighted by Crippen LogP contribution is 2.30. The van der Waals surface area contributed by atoms with Crippen molar-refractivity contribution in [2.75, 3.05) is 13.2 Å². The molecule has 0 spiro atoms. The van der Waals surface area contributed by atoms with Crippen molar-refractivity contribution < 1.29 is 19.1 Å². The van der Waals surface area contributed by atoms with E-state index >= 15 is 0 Å². The smallest absolute Gasteiger partial charge is 0.243 e. The van der Waals surface area contributed by atoms with Crippen LogP contribution in [0.1, 0.15) is 70.4 Å². The molecule has 2 aromatic rings. The summed E-state index contributed by atoms with van der Waals surface area (Å²) in [5.74, 6) is 1.15. The van der Waals surface area contributed by atoms with Gasteiger partial charge in [-0.25, -0.2) is 0 Å². The Hall–Kier alpha value is -2.44. The number of amides is 2. The minimum Gasteiger partial charge on any atom is -0.490 e. The first-order valence-electron chi connectivity index (χ1n) is 13.3. The summed E-state index contributed by atoms with van der Waals surface area (Å²) in [6.45, 7) is 7.08. The monoisotopic (exact) mass is 548 g/mol. The third kappa shape index (κ3) is 8.27. The number of rotatable bonds is 13. The molecule has 0 saturated heterocycles. The number of carbonyl (C=O) groups excluding carboxylic acids is 2. The second kappa shape index (κ2) is 14.5. The average Bonchev–Trinajstić information content (AvgIpc) is 3.38. The molecular weight excluding hydrogens is 511 g/mol. The van der Waals surface area contributed by atoms with E-state index in [1.807, 2.05) is 45.0 Å². The first-order chi connectivity index (χ1) is 17.9. The molecule has 202 valence electrons. The predicted molar refractivity (Wildman–Crippen MR) is 149 cm³/mol. The van der Waals surface area contributed by atoms with Crippen LogP contribution in [0.2, 0.25) is 10.0 Å². The molecule has 0 aromatic heterocycles. The highest BCUT2D eigenvalue weighted by molar-refractivity contribution is 6.35. The van der Waals surface area contributed by atoms with E-state index in [0.29, 0.717) is 47.6 Å². The number of halogens is 2. The lowest BCUT2D eigenvalue weighted by atomic mass is 10.0. The van der Waals surface area contributed by atoms with E-state index < -0.39 is 6.04 Å². The van der Waals surface area contributed by atoms with Gasteiger partial charge in [0.05, 0.1) is 13.2 Å². The van der Waals surface area contributed by atoms with Gasteiger partial charge >= 0.3 is 0 Å². The number of hydrogen-bond acceptors (Lipinski definition) is 4. The third-order valence-corrected chi connectivity index (χ3v) is 7.27. The van der Waals surface area contributed by atoms with Crippen LogP contribution in [0.3, 0.4) is 0 Å². The predicted octanol–water partition coefficient (Wildman–Crippen LogP) is 6.59. The Labute approximate surface area is 230 Å². The Morgan fingerprint density at radius 2 is 1.70 bits per heavy atom. The maximum absolute atomic E-state index is 13.6. The van der Waals surface area contributed by atoms with E-state index in [0.717, 1.165) is 36.8 Å². The summed E-state index contributed by atoms with van der Waals surface area (Å²) in [4.78, 5) is 28.6. The van der Waals surface area contributed by atoms with Crippen LogP contribution in [-0.2, 0) is 22.6 Å². The topological polar surface area (TPSA) is 67.9 Å². The van der Waals surface area contributed by atoms with Crippen LogP contribution in [-0.4, -0.2) is 42.0 Å². The summed E-state index contributed by atoms with van der Waals surface area (Å²) in [5, 5.41) is 4.17. The maximum Gasteiger partial charge on any atom is 0.243 e. The highest BCUT2D eigenvalue weighted by Gasteiger charge is 2.31. The average molecular weight is 550 g/mol. The number of hydrogen-bond donors (Lipinski definition) is 1. The molecule has 1 aliphatic carbocycles. The van der Waals surface area contributed by atoms with E-state index in [1.54, 1.807) is 17.0 Å². The van der Waals surface area contributed by atoms with E-state index in [4.69, 9.17) is 32.7 Å². The Morgan fingerprint density at radius 1 is 1.00 bits per heavy atom. The molecule has 0 bridgehead atoms. The van der Waals surface area contributed by atoms with E-state index in [9.17, 15) is 9.59 Å². The zero-order chi connectivity index (χ0) is 26.8. The molecule has 8 heteroatoms. The van der Waals surface area contributed by atoms with Gasteiger partial charge in [0.15, 0.2) is 11.5 Å². The van der Waals surface area contributed by atoms with Crippen LogP contribution in [0.4, 0.5) is 0 Å². The molecule has 1 N–H and O–H groups in total. The van der Waals surface area contributed by atoms with Gasteiger partial charge in [-0.2, -0.15) is 0 Å². The third-order valence-electron chi connectivity index (χ3n) is 6.68. The molecule has 1 atom stereocenters. The molecule has 2 aromatic carbocycles. The molecule has 0 heterocycles. The number of benzene rings is 2. The molecule has 1 fully saturated rings. The Balaban J connectivity index is 1.79. The van der Waals surface area contributed by atoms with Crippen molar-refractivity contribution in [3.63, 3.8) is 0 Å². The second-order valence-corrected chi connectivity index (χ2v) is 10.2. The molecule has 1 aliphatic rings. The molecule has 3 rings (SSSR count). The summed E-state index contributed by atoms with van der Waals surface area (Å²) in [6, 6.07) is 10.6. The van der Waals surface area contributed by atoms with Crippen molar-refractivity contribution in [3.05, 3.63) is 57.6 Å². The maximum atomic E-state index is 13.6. The van der Waals surface area contributed by atoms with E-state index in [-0.39, 0.29) is 30.8 Å². The van der Waals surface area contributed by atoms with E-state index in [2.05, 4.69) is 5.32 Å². The van der Waals surface area contributed by atoms with Crippen LogP contribution < -0.4 is 14.8 Å². The minimum atomic E-state index is -0.584. The number of carbonyl (C=O) groups is 2. The molecule has 0 radical (unpaired) electrons. The highest BCUT2D eigenvalue weighted by atomic mass is 35.5. The van der Waals surface area contributed by atoms with Gasteiger partial charge in [-0.1, -0.05) is 55.1 Å². The standard InChI is InChI=1S/C29H38Cl2N2O4/c1-4-25(29(35)32-23-9-7-8-10-23)33(19-21-13-14-22(30)18-24(21)31)28(34)16-12-20-11-15-26(36-5-2)27(17-20)37-6-3/h11,13-15,17-18,23,25H,4-10,12,16,19H2,1-3H3,(H,32,35). The summed E-state index contributed by atoms with van der Waals surface area (Å²) in [6.07, 6.45) is 5.48. The van der Waals surface area contributed by atoms with Gasteiger partial charge in [-0.3, -0.25) is 9.59 Å². The normalized spacial score (nSPS) is 14.3. The van der Waals surface area contributed by atoms with Gasteiger partial charge in [0.1, 0.15) is 6.04 Å². The number of nitrogens with one attached hydrogen (secondary N) is 1. The van der Waals surface area contributed by atoms with Gasteiger partial charge in [0.2, 0.25) is 11.8 Å². The minimum absolute atomic E-state index is 0.104. The number of ether oxygens (including phenoxy) is 2. The molecule has 37 heavy (non-hydrogen) atoms. The lowest BCUT2D eigenvalue weighted by Crippen LogP contribution is -2.51. The molecule has 0 aliphatic heterocycles. The van der Waals surface area contributed by atoms with Crippen molar-refractivity contribution in [1.29, 1.82) is 0 Å².